The number of para-hydroxylation sites is 3. The Bertz CT molecular complexity index is 1240. The predicted molar refractivity (Wildman–Crippen MR) is 119 cm³/mol. The molecule has 0 bridgehead atoms. The number of carbonyl (C=O) groups excluding carboxylic acids is 1. The third kappa shape index (κ3) is 5.43. The molecular weight excluding hydrogens is 414 g/mol. The summed E-state index contributed by atoms with van der Waals surface area (Å²) in [6.07, 6.45) is 1.64. The number of nitrogens with one attached hydrogen (secondary N) is 1. The van der Waals surface area contributed by atoms with Crippen molar-refractivity contribution in [3.63, 3.8) is 0 Å². The fraction of sp³-hybridized carbons (Fsp3) is 0.143. The first-order chi connectivity index (χ1) is 15.1. The maximum atomic E-state index is 12.1. The van der Waals surface area contributed by atoms with E-state index in [0.717, 1.165) is 22.3 Å². The van der Waals surface area contributed by atoms with Gasteiger partial charge in [0.25, 0.3) is 0 Å². The van der Waals surface area contributed by atoms with Crippen LogP contribution in [-0.2, 0) is 16.1 Å². The molecule has 4 rings (SSSR count). The Balaban J connectivity index is 1.34. The average molecular weight is 433 g/mol. The normalized spacial score (nSPS) is 10.7. The number of carbonyl (C=O) groups is 1. The lowest BCUT2D eigenvalue weighted by Gasteiger charge is -2.09. The van der Waals surface area contributed by atoms with Gasteiger partial charge in [0.15, 0.2) is 12.4 Å². The maximum Gasteiger partial charge on any atom is 0.316 e. The van der Waals surface area contributed by atoms with E-state index in [2.05, 4.69) is 30.2 Å². The lowest BCUT2D eigenvalue weighted by atomic mass is 10.2. The molecule has 0 saturated carbocycles. The highest BCUT2D eigenvalue weighted by Gasteiger charge is 2.11. The third-order valence-electron chi connectivity index (χ3n) is 4.22. The molecule has 3 N–H and O–H groups in total. The fourth-order valence-corrected chi connectivity index (χ4v) is 3.36. The van der Waals surface area contributed by atoms with Crippen LogP contribution in [-0.4, -0.2) is 36.6 Å². The second-order valence-electron chi connectivity index (χ2n) is 6.52. The van der Waals surface area contributed by atoms with Crippen molar-refractivity contribution in [3.05, 3.63) is 66.1 Å². The van der Waals surface area contributed by atoms with Crippen molar-refractivity contribution in [2.45, 2.75) is 18.6 Å². The molecule has 0 radical (unpaired) electrons. The van der Waals surface area contributed by atoms with E-state index >= 15 is 0 Å². The summed E-state index contributed by atoms with van der Waals surface area (Å²) in [6.45, 7) is 1.85. The molecule has 0 amide bonds. The maximum absolute atomic E-state index is 12.1. The van der Waals surface area contributed by atoms with Crippen molar-refractivity contribution in [2.24, 2.45) is 0 Å². The molecule has 0 aliphatic heterocycles. The molecule has 10 heteroatoms. The summed E-state index contributed by atoms with van der Waals surface area (Å²) in [5.41, 5.74) is 9.23. The molecule has 0 unspecified atom stereocenters. The van der Waals surface area contributed by atoms with Crippen molar-refractivity contribution in [3.8, 4) is 0 Å². The lowest BCUT2D eigenvalue weighted by Crippen LogP contribution is -2.12. The van der Waals surface area contributed by atoms with Crippen molar-refractivity contribution < 1.29 is 9.53 Å². The average Bonchev–Trinajstić information content (AvgIpc) is 2.77. The zero-order valence-corrected chi connectivity index (χ0v) is 17.5. The van der Waals surface area contributed by atoms with Gasteiger partial charge in [-0.3, -0.25) is 9.78 Å². The van der Waals surface area contributed by atoms with Gasteiger partial charge in [-0.05, 0) is 30.7 Å². The number of aryl methyl sites for hydroxylation is 1. The van der Waals surface area contributed by atoms with Gasteiger partial charge < -0.3 is 15.8 Å². The minimum absolute atomic E-state index is 0.0398. The smallest absolute Gasteiger partial charge is 0.316 e. The van der Waals surface area contributed by atoms with Crippen LogP contribution in [0.15, 0.2) is 59.8 Å². The van der Waals surface area contributed by atoms with E-state index < -0.39 is 5.97 Å². The molecule has 2 heterocycles. The first-order valence-corrected chi connectivity index (χ1v) is 10.4. The second kappa shape index (κ2) is 9.35. The number of hydrogen-bond donors (Lipinski definition) is 2. The summed E-state index contributed by atoms with van der Waals surface area (Å²) >= 11 is 1.25. The number of thioether (sulfide) groups is 1. The van der Waals surface area contributed by atoms with Gasteiger partial charge in [-0.1, -0.05) is 42.1 Å². The highest BCUT2D eigenvalue weighted by molar-refractivity contribution is 7.99. The topological polar surface area (TPSA) is 129 Å². The summed E-state index contributed by atoms with van der Waals surface area (Å²) in [5.74, 6) is 0.244. The van der Waals surface area contributed by atoms with Crippen LogP contribution < -0.4 is 11.1 Å². The molecule has 31 heavy (non-hydrogen) atoms. The molecule has 4 aromatic rings. The summed E-state index contributed by atoms with van der Waals surface area (Å²) < 4.78 is 5.28. The third-order valence-corrected chi connectivity index (χ3v) is 5.09. The van der Waals surface area contributed by atoms with E-state index in [1.165, 1.54) is 11.8 Å². The van der Waals surface area contributed by atoms with Crippen molar-refractivity contribution in [1.82, 2.24) is 24.9 Å². The van der Waals surface area contributed by atoms with Crippen LogP contribution in [0, 0.1) is 6.92 Å². The van der Waals surface area contributed by atoms with Crippen LogP contribution in [0.4, 0.5) is 17.6 Å². The zero-order chi connectivity index (χ0) is 21.6. The molecule has 0 saturated heterocycles. The van der Waals surface area contributed by atoms with Crippen molar-refractivity contribution in [1.29, 1.82) is 0 Å². The molecule has 0 fully saturated rings. The Labute approximate surface area is 182 Å². The first kappa shape index (κ1) is 20.5. The van der Waals surface area contributed by atoms with E-state index in [-0.39, 0.29) is 30.1 Å². The van der Waals surface area contributed by atoms with Gasteiger partial charge in [-0.2, -0.15) is 15.0 Å². The van der Waals surface area contributed by atoms with Crippen LogP contribution in [0.2, 0.25) is 0 Å². The minimum Gasteiger partial charge on any atom is -0.457 e. The minimum atomic E-state index is -0.424. The number of nitrogens with two attached hydrogens (primary N) is 1. The van der Waals surface area contributed by atoms with Crippen molar-refractivity contribution in [2.75, 3.05) is 16.8 Å². The molecule has 0 spiro atoms. The summed E-state index contributed by atoms with van der Waals surface area (Å²) in [7, 11) is 0. The van der Waals surface area contributed by atoms with Crippen LogP contribution >= 0.6 is 11.8 Å². The molecule has 0 aliphatic rings. The number of anilines is 3. The standard InChI is InChI=1S/C21H19N7O2S/c1-13-6-2-3-7-14(13)25-21-27-17(26-20(22)28-21)11-30-19(29)12-31-18-10-23-15-8-4-5-9-16(15)24-18/h2-10H,11-12H2,1H3,(H3,22,25,26,27,28). The summed E-state index contributed by atoms with van der Waals surface area (Å²) in [6, 6.07) is 15.3. The summed E-state index contributed by atoms with van der Waals surface area (Å²) in [5, 5.41) is 3.74. The zero-order valence-electron chi connectivity index (χ0n) is 16.6. The monoisotopic (exact) mass is 433 g/mol. The largest absolute Gasteiger partial charge is 0.457 e. The second-order valence-corrected chi connectivity index (χ2v) is 7.52. The molecule has 0 atom stereocenters. The van der Waals surface area contributed by atoms with Gasteiger partial charge in [0.1, 0.15) is 5.03 Å². The van der Waals surface area contributed by atoms with Crippen LogP contribution in [0.1, 0.15) is 11.4 Å². The van der Waals surface area contributed by atoms with E-state index in [1.807, 2.05) is 55.5 Å². The van der Waals surface area contributed by atoms with E-state index in [4.69, 9.17) is 10.5 Å². The van der Waals surface area contributed by atoms with Crippen LogP contribution in [0.25, 0.3) is 11.0 Å². The number of nitrogens with zero attached hydrogens (tertiary/aromatic N) is 5. The summed E-state index contributed by atoms with van der Waals surface area (Å²) in [4.78, 5) is 33.3. The predicted octanol–water partition coefficient (Wildman–Crippen LogP) is 3.28. The molecule has 2 aromatic carbocycles. The van der Waals surface area contributed by atoms with Gasteiger partial charge in [0.05, 0.1) is 23.0 Å². The number of hydrogen-bond acceptors (Lipinski definition) is 10. The molecular formula is C21H19N7O2S. The highest BCUT2D eigenvalue weighted by Crippen LogP contribution is 2.19. The van der Waals surface area contributed by atoms with E-state index in [9.17, 15) is 4.79 Å². The first-order valence-electron chi connectivity index (χ1n) is 9.40. The molecule has 0 aliphatic carbocycles. The van der Waals surface area contributed by atoms with Gasteiger partial charge in [0, 0.05) is 5.69 Å². The number of nitrogen functional groups attached to an aromatic ring is 1. The van der Waals surface area contributed by atoms with Crippen LogP contribution in [0.3, 0.4) is 0 Å². The molecule has 2 aromatic heterocycles. The number of ether oxygens (including phenoxy) is 1. The van der Waals surface area contributed by atoms with Crippen molar-refractivity contribution >= 4 is 46.3 Å². The Morgan fingerprint density at radius 1 is 1.03 bits per heavy atom. The van der Waals surface area contributed by atoms with Gasteiger partial charge in [-0.15, -0.1) is 0 Å². The lowest BCUT2D eigenvalue weighted by molar-refractivity contribution is -0.141. The Hall–Kier alpha value is -3.79. The number of fused-ring (bicyclic) bond motifs is 1. The highest BCUT2D eigenvalue weighted by atomic mass is 32.2. The fourth-order valence-electron chi connectivity index (χ4n) is 2.72. The van der Waals surface area contributed by atoms with E-state index in [1.54, 1.807) is 6.20 Å². The van der Waals surface area contributed by atoms with Gasteiger partial charge in [-0.25, -0.2) is 4.98 Å². The SMILES string of the molecule is Cc1ccccc1Nc1nc(N)nc(COC(=O)CSc2cnc3ccccc3n2)n1. The number of aromatic nitrogens is 5. The van der Waals surface area contributed by atoms with Crippen LogP contribution in [0.5, 0.6) is 0 Å². The Morgan fingerprint density at radius 3 is 2.65 bits per heavy atom. The Kier molecular flexibility index (Phi) is 6.18. The molecule has 9 nitrogen and oxygen atoms in total. The number of rotatable bonds is 7. The Morgan fingerprint density at radius 2 is 1.81 bits per heavy atom. The van der Waals surface area contributed by atoms with E-state index in [0.29, 0.717) is 5.03 Å². The number of benzene rings is 2. The molecule has 156 valence electrons. The van der Waals surface area contributed by atoms with Gasteiger partial charge >= 0.3 is 5.97 Å². The number of esters is 1. The quantitative estimate of drug-likeness (QED) is 0.331. The van der Waals surface area contributed by atoms with Gasteiger partial charge in [0.2, 0.25) is 11.9 Å².